The first-order valence-electron chi connectivity index (χ1n) is 10.8. The lowest BCUT2D eigenvalue weighted by molar-refractivity contribution is -0.139. The zero-order valence-electron chi connectivity index (χ0n) is 19.8. The quantitative estimate of drug-likeness (QED) is 0.539. The Morgan fingerprint density at radius 3 is 2.30 bits per heavy atom. The van der Waals surface area contributed by atoms with Gasteiger partial charge >= 0.3 is 0 Å². The van der Waals surface area contributed by atoms with E-state index in [2.05, 4.69) is 5.32 Å². The maximum atomic E-state index is 13.4. The molecule has 2 rings (SSSR count). The van der Waals surface area contributed by atoms with E-state index in [-0.39, 0.29) is 18.5 Å². The number of carbonyl (C=O) groups is 2. The molecule has 0 saturated heterocycles. The first-order chi connectivity index (χ1) is 15.6. The van der Waals surface area contributed by atoms with Crippen molar-refractivity contribution in [3.63, 3.8) is 0 Å². The smallest absolute Gasteiger partial charge is 0.244 e. The molecule has 0 bridgehead atoms. The number of ether oxygens (including phenoxy) is 1. The number of nitrogens with one attached hydrogen (secondary N) is 1. The van der Waals surface area contributed by atoms with Gasteiger partial charge in [0.1, 0.15) is 18.3 Å². The first-order valence-corrected chi connectivity index (χ1v) is 12.7. The molecular formula is C24H33N3O5S. The van der Waals surface area contributed by atoms with Gasteiger partial charge in [-0.15, -0.1) is 0 Å². The highest BCUT2D eigenvalue weighted by molar-refractivity contribution is 7.92. The third kappa shape index (κ3) is 7.49. The van der Waals surface area contributed by atoms with Gasteiger partial charge < -0.3 is 15.0 Å². The highest BCUT2D eigenvalue weighted by Gasteiger charge is 2.30. The molecule has 180 valence electrons. The van der Waals surface area contributed by atoms with E-state index in [0.717, 1.165) is 22.5 Å². The summed E-state index contributed by atoms with van der Waals surface area (Å²) in [6.07, 6.45) is 1.79. The second-order valence-corrected chi connectivity index (χ2v) is 9.88. The standard InChI is InChI=1S/C24H33N3O5S/c1-6-18(2)25-24(29)19(3)26(16-20-11-8-7-9-12-20)23(28)17-27(33(5,30)31)21-13-10-14-22(15-21)32-4/h7-15,18-19H,6,16-17H2,1-5H3,(H,25,29)/t18-,19+/m1/s1. The number of benzene rings is 2. The fourth-order valence-corrected chi connectivity index (χ4v) is 4.05. The number of hydrogen-bond donors (Lipinski definition) is 1. The van der Waals surface area contributed by atoms with Gasteiger partial charge in [0.25, 0.3) is 0 Å². The summed E-state index contributed by atoms with van der Waals surface area (Å²) >= 11 is 0. The summed E-state index contributed by atoms with van der Waals surface area (Å²) in [4.78, 5) is 27.7. The van der Waals surface area contributed by atoms with E-state index in [1.165, 1.54) is 12.0 Å². The second kappa shape index (κ2) is 11.7. The molecule has 0 aromatic heterocycles. The van der Waals surface area contributed by atoms with Gasteiger partial charge in [0, 0.05) is 18.7 Å². The summed E-state index contributed by atoms with van der Waals surface area (Å²) in [5.74, 6) is -0.309. The molecule has 0 aliphatic rings. The molecule has 2 aromatic rings. The predicted molar refractivity (Wildman–Crippen MR) is 130 cm³/mol. The number of rotatable bonds is 11. The lowest BCUT2D eigenvalue weighted by Crippen LogP contribution is -2.52. The van der Waals surface area contributed by atoms with Gasteiger partial charge in [-0.1, -0.05) is 43.3 Å². The maximum absolute atomic E-state index is 13.4. The van der Waals surface area contributed by atoms with Crippen molar-refractivity contribution in [2.24, 2.45) is 0 Å². The lowest BCUT2D eigenvalue weighted by Gasteiger charge is -2.32. The van der Waals surface area contributed by atoms with Gasteiger partial charge in [0.2, 0.25) is 21.8 Å². The number of carbonyl (C=O) groups excluding carboxylic acids is 2. The van der Waals surface area contributed by atoms with Crippen LogP contribution in [-0.4, -0.2) is 57.1 Å². The number of hydrogen-bond acceptors (Lipinski definition) is 5. The number of amides is 2. The van der Waals surface area contributed by atoms with Crippen LogP contribution < -0.4 is 14.4 Å². The van der Waals surface area contributed by atoms with Crippen molar-refractivity contribution in [3.8, 4) is 5.75 Å². The van der Waals surface area contributed by atoms with Gasteiger partial charge in [-0.25, -0.2) is 8.42 Å². The van der Waals surface area contributed by atoms with Crippen LogP contribution >= 0.6 is 0 Å². The molecule has 2 amide bonds. The van der Waals surface area contributed by atoms with Crippen molar-refractivity contribution in [1.82, 2.24) is 10.2 Å². The van der Waals surface area contributed by atoms with Crippen LogP contribution in [0.2, 0.25) is 0 Å². The van der Waals surface area contributed by atoms with Crippen molar-refractivity contribution >= 4 is 27.5 Å². The Bertz CT molecular complexity index is 1040. The average Bonchev–Trinajstić information content (AvgIpc) is 2.80. The minimum absolute atomic E-state index is 0.0436. The van der Waals surface area contributed by atoms with E-state index in [0.29, 0.717) is 11.4 Å². The SMILES string of the molecule is CC[C@@H](C)NC(=O)[C@H](C)N(Cc1ccccc1)C(=O)CN(c1cccc(OC)c1)S(C)(=O)=O. The van der Waals surface area contributed by atoms with Crippen LogP contribution in [0.5, 0.6) is 5.75 Å². The van der Waals surface area contributed by atoms with Gasteiger partial charge in [0.15, 0.2) is 0 Å². The molecule has 0 aliphatic heterocycles. The Labute approximate surface area is 196 Å². The minimum Gasteiger partial charge on any atom is -0.497 e. The van der Waals surface area contributed by atoms with Crippen molar-refractivity contribution in [2.45, 2.75) is 45.8 Å². The Morgan fingerprint density at radius 1 is 1.06 bits per heavy atom. The molecule has 0 aliphatic carbocycles. The highest BCUT2D eigenvalue weighted by atomic mass is 32.2. The topological polar surface area (TPSA) is 96.0 Å². The Balaban J connectivity index is 2.37. The summed E-state index contributed by atoms with van der Waals surface area (Å²) in [5, 5.41) is 2.90. The van der Waals surface area contributed by atoms with Gasteiger partial charge in [-0.3, -0.25) is 13.9 Å². The fraction of sp³-hybridized carbons (Fsp3) is 0.417. The monoisotopic (exact) mass is 475 g/mol. The van der Waals surface area contributed by atoms with Crippen LogP contribution in [0, 0.1) is 0 Å². The Morgan fingerprint density at radius 2 is 1.73 bits per heavy atom. The molecule has 9 heteroatoms. The molecule has 0 spiro atoms. The molecule has 0 heterocycles. The normalized spacial score (nSPS) is 13.0. The van der Waals surface area contributed by atoms with Crippen LogP contribution in [-0.2, 0) is 26.2 Å². The van der Waals surface area contributed by atoms with E-state index in [9.17, 15) is 18.0 Å². The maximum Gasteiger partial charge on any atom is 0.244 e. The molecule has 0 unspecified atom stereocenters. The lowest BCUT2D eigenvalue weighted by atomic mass is 10.1. The molecule has 0 fully saturated rings. The number of sulfonamides is 1. The molecule has 2 aromatic carbocycles. The Kier molecular flexibility index (Phi) is 9.28. The number of nitrogens with zero attached hydrogens (tertiary/aromatic N) is 2. The molecule has 0 saturated carbocycles. The van der Waals surface area contributed by atoms with Gasteiger partial charge in [0.05, 0.1) is 19.1 Å². The van der Waals surface area contributed by atoms with E-state index >= 15 is 0 Å². The Hall–Kier alpha value is -3.07. The first kappa shape index (κ1) is 26.2. The van der Waals surface area contributed by atoms with E-state index < -0.39 is 28.5 Å². The van der Waals surface area contributed by atoms with E-state index in [4.69, 9.17) is 4.74 Å². The molecule has 0 radical (unpaired) electrons. The summed E-state index contributed by atoms with van der Waals surface area (Å²) in [7, 11) is -2.30. The van der Waals surface area contributed by atoms with Crippen molar-refractivity contribution in [2.75, 3.05) is 24.2 Å². The van der Waals surface area contributed by atoms with E-state index in [1.807, 2.05) is 44.2 Å². The molecular weight excluding hydrogens is 442 g/mol. The highest BCUT2D eigenvalue weighted by Crippen LogP contribution is 2.23. The van der Waals surface area contributed by atoms with Crippen LogP contribution in [0.3, 0.4) is 0 Å². The minimum atomic E-state index is -3.78. The third-order valence-corrected chi connectivity index (χ3v) is 6.53. The van der Waals surface area contributed by atoms with Crippen LogP contribution in [0.1, 0.15) is 32.8 Å². The summed E-state index contributed by atoms with van der Waals surface area (Å²) < 4.78 is 31.4. The van der Waals surface area contributed by atoms with Crippen LogP contribution in [0.4, 0.5) is 5.69 Å². The van der Waals surface area contributed by atoms with Crippen molar-refractivity contribution < 1.29 is 22.7 Å². The number of anilines is 1. The van der Waals surface area contributed by atoms with Crippen molar-refractivity contribution in [1.29, 1.82) is 0 Å². The molecule has 33 heavy (non-hydrogen) atoms. The largest absolute Gasteiger partial charge is 0.497 e. The number of methoxy groups -OCH3 is 1. The predicted octanol–water partition coefficient (Wildman–Crippen LogP) is 2.79. The zero-order chi connectivity index (χ0) is 24.6. The zero-order valence-corrected chi connectivity index (χ0v) is 20.6. The van der Waals surface area contributed by atoms with Crippen molar-refractivity contribution in [3.05, 3.63) is 60.2 Å². The fourth-order valence-electron chi connectivity index (χ4n) is 3.21. The third-order valence-electron chi connectivity index (χ3n) is 5.38. The van der Waals surface area contributed by atoms with Gasteiger partial charge in [-0.2, -0.15) is 0 Å². The second-order valence-electron chi connectivity index (χ2n) is 7.97. The van der Waals surface area contributed by atoms with Crippen LogP contribution in [0.25, 0.3) is 0 Å². The summed E-state index contributed by atoms with van der Waals surface area (Å²) in [6.45, 7) is 5.22. The van der Waals surface area contributed by atoms with Gasteiger partial charge in [-0.05, 0) is 38.0 Å². The molecule has 2 atom stereocenters. The molecule has 8 nitrogen and oxygen atoms in total. The average molecular weight is 476 g/mol. The van der Waals surface area contributed by atoms with Crippen LogP contribution in [0.15, 0.2) is 54.6 Å². The van der Waals surface area contributed by atoms with E-state index in [1.54, 1.807) is 31.2 Å². The molecule has 1 N–H and O–H groups in total. The summed E-state index contributed by atoms with van der Waals surface area (Å²) in [6, 6.07) is 14.9. The summed E-state index contributed by atoms with van der Waals surface area (Å²) in [5.41, 5.74) is 1.14.